The van der Waals surface area contributed by atoms with E-state index in [1.165, 1.54) is 5.56 Å². The molecule has 16 heavy (non-hydrogen) atoms. The van der Waals surface area contributed by atoms with Crippen LogP contribution in [-0.2, 0) is 6.42 Å². The minimum absolute atomic E-state index is 0.173. The zero-order valence-corrected chi connectivity index (χ0v) is 9.71. The largest absolute Gasteiger partial charge is 0.494 e. The zero-order valence-electron chi connectivity index (χ0n) is 9.71. The molecule has 86 valence electrons. The van der Waals surface area contributed by atoms with Crippen molar-refractivity contribution in [3.05, 3.63) is 29.5 Å². The third kappa shape index (κ3) is 1.91. The van der Waals surface area contributed by atoms with Gasteiger partial charge >= 0.3 is 0 Å². The van der Waals surface area contributed by atoms with Crippen LogP contribution in [0, 0.1) is 6.92 Å². The minimum Gasteiger partial charge on any atom is -0.494 e. The summed E-state index contributed by atoms with van der Waals surface area (Å²) in [5.74, 6) is 0.883. The summed E-state index contributed by atoms with van der Waals surface area (Å²) in [4.78, 5) is 3.31. The second-order valence-corrected chi connectivity index (χ2v) is 3.84. The van der Waals surface area contributed by atoms with E-state index in [0.29, 0.717) is 13.0 Å². The number of aromatic amines is 1. The predicted molar refractivity (Wildman–Crippen MR) is 65.0 cm³/mol. The Labute approximate surface area is 95.1 Å². The average molecular weight is 219 g/mol. The van der Waals surface area contributed by atoms with Gasteiger partial charge in [0.15, 0.2) is 0 Å². The molecule has 3 nitrogen and oxygen atoms in total. The number of aliphatic hydroxyl groups excluding tert-OH is 1. The van der Waals surface area contributed by atoms with Crippen molar-refractivity contribution in [3.8, 4) is 5.75 Å². The number of nitrogens with one attached hydrogen (secondary N) is 1. The van der Waals surface area contributed by atoms with Crippen molar-refractivity contribution < 1.29 is 9.84 Å². The van der Waals surface area contributed by atoms with Crippen LogP contribution in [0.2, 0.25) is 0 Å². The SMILES string of the molecule is CCOc1ccc2[nH]c(C)c(CCO)c2c1. The minimum atomic E-state index is 0.173. The molecule has 2 rings (SSSR count). The first kappa shape index (κ1) is 11.0. The molecular formula is C13H17NO2. The highest BCUT2D eigenvalue weighted by Gasteiger charge is 2.08. The standard InChI is InChI=1S/C13H17NO2/c1-3-16-10-4-5-13-12(8-10)11(6-7-15)9(2)14-13/h4-5,8,14-15H,3,6-7H2,1-2H3. The molecule has 0 aliphatic heterocycles. The average Bonchev–Trinajstić information content (AvgIpc) is 2.57. The van der Waals surface area contributed by atoms with Gasteiger partial charge in [0, 0.05) is 23.2 Å². The van der Waals surface area contributed by atoms with Gasteiger partial charge < -0.3 is 14.8 Å². The molecule has 0 saturated carbocycles. The van der Waals surface area contributed by atoms with E-state index in [1.54, 1.807) is 0 Å². The van der Waals surface area contributed by atoms with E-state index in [-0.39, 0.29) is 6.61 Å². The molecule has 0 saturated heterocycles. The van der Waals surface area contributed by atoms with Crippen molar-refractivity contribution in [1.29, 1.82) is 0 Å². The summed E-state index contributed by atoms with van der Waals surface area (Å²) in [6, 6.07) is 6.02. The molecular weight excluding hydrogens is 202 g/mol. The summed E-state index contributed by atoms with van der Waals surface area (Å²) in [7, 11) is 0. The van der Waals surface area contributed by atoms with Crippen LogP contribution in [0.25, 0.3) is 10.9 Å². The van der Waals surface area contributed by atoms with Gasteiger partial charge in [-0.15, -0.1) is 0 Å². The number of fused-ring (bicyclic) bond motifs is 1. The molecule has 0 spiro atoms. The molecule has 1 aromatic heterocycles. The van der Waals surface area contributed by atoms with E-state index in [2.05, 4.69) is 4.98 Å². The summed E-state index contributed by atoms with van der Waals surface area (Å²) in [5, 5.41) is 10.2. The third-order valence-corrected chi connectivity index (χ3v) is 2.76. The molecule has 2 N–H and O–H groups in total. The van der Waals surface area contributed by atoms with Crippen LogP contribution in [0.1, 0.15) is 18.2 Å². The number of ether oxygens (including phenoxy) is 1. The smallest absolute Gasteiger partial charge is 0.120 e. The lowest BCUT2D eigenvalue weighted by atomic mass is 10.1. The summed E-state index contributed by atoms with van der Waals surface area (Å²) < 4.78 is 5.48. The van der Waals surface area contributed by atoms with Crippen LogP contribution < -0.4 is 4.74 Å². The van der Waals surface area contributed by atoms with Crippen LogP contribution in [0.5, 0.6) is 5.75 Å². The number of rotatable bonds is 4. The molecule has 0 aliphatic carbocycles. The van der Waals surface area contributed by atoms with Gasteiger partial charge in [0.2, 0.25) is 0 Å². The Balaban J connectivity index is 2.51. The third-order valence-electron chi connectivity index (χ3n) is 2.76. The number of aliphatic hydroxyl groups is 1. The van der Waals surface area contributed by atoms with Crippen molar-refractivity contribution in [2.75, 3.05) is 13.2 Å². The number of aryl methyl sites for hydroxylation is 1. The fourth-order valence-corrected chi connectivity index (χ4v) is 2.05. The number of H-pyrrole nitrogens is 1. The summed E-state index contributed by atoms with van der Waals surface area (Å²) in [5.41, 5.74) is 3.40. The van der Waals surface area contributed by atoms with Gasteiger partial charge in [-0.2, -0.15) is 0 Å². The van der Waals surface area contributed by atoms with Gasteiger partial charge in [-0.1, -0.05) is 0 Å². The van der Waals surface area contributed by atoms with Gasteiger partial charge in [-0.25, -0.2) is 0 Å². The molecule has 0 radical (unpaired) electrons. The fraction of sp³-hybridized carbons (Fsp3) is 0.385. The Bertz CT molecular complexity index is 488. The Kier molecular flexibility index (Phi) is 3.15. The number of hydrogen-bond acceptors (Lipinski definition) is 2. The predicted octanol–water partition coefficient (Wildman–Crippen LogP) is 2.41. The highest BCUT2D eigenvalue weighted by atomic mass is 16.5. The molecule has 1 aromatic carbocycles. The lowest BCUT2D eigenvalue weighted by molar-refractivity contribution is 0.300. The summed E-state index contributed by atoms with van der Waals surface area (Å²) in [6.07, 6.45) is 0.682. The Hall–Kier alpha value is -1.48. The van der Waals surface area contributed by atoms with E-state index in [9.17, 15) is 0 Å². The molecule has 0 aliphatic rings. The quantitative estimate of drug-likeness (QED) is 0.829. The molecule has 3 heteroatoms. The van der Waals surface area contributed by atoms with E-state index < -0.39 is 0 Å². The first-order chi connectivity index (χ1) is 7.76. The summed E-state index contributed by atoms with van der Waals surface area (Å²) in [6.45, 7) is 4.85. The van der Waals surface area contributed by atoms with Crippen LogP contribution in [0.4, 0.5) is 0 Å². The zero-order chi connectivity index (χ0) is 11.5. The van der Waals surface area contributed by atoms with E-state index in [1.807, 2.05) is 32.0 Å². The van der Waals surface area contributed by atoms with Gasteiger partial charge in [-0.3, -0.25) is 0 Å². The molecule has 2 aromatic rings. The number of aromatic nitrogens is 1. The maximum absolute atomic E-state index is 9.05. The first-order valence-electron chi connectivity index (χ1n) is 5.61. The van der Waals surface area contributed by atoms with Crippen LogP contribution in [0.15, 0.2) is 18.2 Å². The molecule has 0 atom stereocenters. The van der Waals surface area contributed by atoms with E-state index in [0.717, 1.165) is 22.3 Å². The second kappa shape index (κ2) is 4.58. The lowest BCUT2D eigenvalue weighted by Gasteiger charge is -2.03. The van der Waals surface area contributed by atoms with E-state index in [4.69, 9.17) is 9.84 Å². The van der Waals surface area contributed by atoms with Crippen molar-refractivity contribution in [3.63, 3.8) is 0 Å². The highest BCUT2D eigenvalue weighted by molar-refractivity contribution is 5.86. The highest BCUT2D eigenvalue weighted by Crippen LogP contribution is 2.26. The molecule has 0 bridgehead atoms. The van der Waals surface area contributed by atoms with Crippen molar-refractivity contribution in [2.24, 2.45) is 0 Å². The van der Waals surface area contributed by atoms with E-state index >= 15 is 0 Å². The fourth-order valence-electron chi connectivity index (χ4n) is 2.05. The van der Waals surface area contributed by atoms with Crippen LogP contribution in [-0.4, -0.2) is 23.3 Å². The maximum Gasteiger partial charge on any atom is 0.120 e. The molecule has 0 amide bonds. The van der Waals surface area contributed by atoms with Gasteiger partial charge in [-0.05, 0) is 44.0 Å². The number of hydrogen-bond donors (Lipinski definition) is 2. The molecule has 1 heterocycles. The topological polar surface area (TPSA) is 45.2 Å². The lowest BCUT2D eigenvalue weighted by Crippen LogP contribution is -1.93. The Morgan fingerprint density at radius 1 is 1.38 bits per heavy atom. The molecule has 0 fully saturated rings. The van der Waals surface area contributed by atoms with Gasteiger partial charge in [0.05, 0.1) is 6.61 Å². The number of benzene rings is 1. The van der Waals surface area contributed by atoms with Crippen molar-refractivity contribution >= 4 is 10.9 Å². The first-order valence-corrected chi connectivity index (χ1v) is 5.61. The van der Waals surface area contributed by atoms with Crippen molar-refractivity contribution in [2.45, 2.75) is 20.3 Å². The molecule has 0 unspecified atom stereocenters. The normalized spacial score (nSPS) is 10.9. The Morgan fingerprint density at radius 3 is 2.88 bits per heavy atom. The Morgan fingerprint density at radius 2 is 2.19 bits per heavy atom. The van der Waals surface area contributed by atoms with Gasteiger partial charge in [0.25, 0.3) is 0 Å². The maximum atomic E-state index is 9.05. The van der Waals surface area contributed by atoms with Crippen molar-refractivity contribution in [1.82, 2.24) is 4.98 Å². The summed E-state index contributed by atoms with van der Waals surface area (Å²) >= 11 is 0. The second-order valence-electron chi connectivity index (χ2n) is 3.84. The van der Waals surface area contributed by atoms with Crippen LogP contribution >= 0.6 is 0 Å². The monoisotopic (exact) mass is 219 g/mol. The van der Waals surface area contributed by atoms with Crippen LogP contribution in [0.3, 0.4) is 0 Å². The van der Waals surface area contributed by atoms with Gasteiger partial charge in [0.1, 0.15) is 5.75 Å².